The molecule has 1 aliphatic heterocycles. The van der Waals surface area contributed by atoms with Gasteiger partial charge in [0.2, 0.25) is 10.1 Å². The Balaban J connectivity index is 1.51. The summed E-state index contributed by atoms with van der Waals surface area (Å²) in [5, 5.41) is 6.40. The minimum Gasteiger partial charge on any atom is -0.381 e. The number of benzene rings is 1. The molecule has 0 spiro atoms. The predicted octanol–water partition coefficient (Wildman–Crippen LogP) is 3.97. The fourth-order valence-electron chi connectivity index (χ4n) is 3.02. The molecule has 2 aromatic heterocycles. The molecule has 1 fully saturated rings. The van der Waals surface area contributed by atoms with E-state index in [1.807, 2.05) is 35.0 Å². The van der Waals surface area contributed by atoms with Crippen LogP contribution >= 0.6 is 22.9 Å². The number of rotatable bonds is 4. The van der Waals surface area contributed by atoms with Crippen LogP contribution in [0.25, 0.3) is 16.2 Å². The molecule has 0 saturated carbocycles. The third-order valence-corrected chi connectivity index (χ3v) is 5.57. The van der Waals surface area contributed by atoms with Crippen LogP contribution in [0.3, 0.4) is 0 Å². The number of anilines is 1. The molecule has 1 aromatic carbocycles. The van der Waals surface area contributed by atoms with Gasteiger partial charge in [0, 0.05) is 30.8 Å². The summed E-state index contributed by atoms with van der Waals surface area (Å²) in [6.07, 6.45) is 4.36. The van der Waals surface area contributed by atoms with Gasteiger partial charge in [-0.05, 0) is 30.9 Å². The molecule has 4 rings (SSSR count). The molecule has 0 aliphatic carbocycles. The van der Waals surface area contributed by atoms with Crippen molar-refractivity contribution in [3.63, 3.8) is 0 Å². The van der Waals surface area contributed by atoms with Crippen LogP contribution in [-0.4, -0.2) is 41.4 Å². The van der Waals surface area contributed by atoms with E-state index in [9.17, 15) is 0 Å². The topological polar surface area (TPSA) is 42.7 Å². The van der Waals surface area contributed by atoms with E-state index < -0.39 is 0 Å². The Kier molecular flexibility index (Phi) is 4.43. The molecule has 0 bridgehead atoms. The highest BCUT2D eigenvalue weighted by Crippen LogP contribution is 2.27. The summed E-state index contributed by atoms with van der Waals surface area (Å²) in [6, 6.07) is 7.71. The van der Waals surface area contributed by atoms with Gasteiger partial charge in [-0.3, -0.25) is 0 Å². The van der Waals surface area contributed by atoms with Crippen LogP contribution in [-0.2, 0) is 4.74 Å². The normalized spacial score (nSPS) is 18.2. The first-order valence-electron chi connectivity index (χ1n) is 8.10. The van der Waals surface area contributed by atoms with Gasteiger partial charge in [-0.2, -0.15) is 0 Å². The molecular formula is C17H19ClN4OS. The van der Waals surface area contributed by atoms with E-state index >= 15 is 0 Å². The lowest BCUT2D eigenvalue weighted by Gasteiger charge is -2.26. The SMILES string of the molecule is CN(CC1CCCOC1)c1nn2cc(-c3ccc(Cl)cc3)nc2s1. The standard InChI is InChI=1S/C17H19ClN4OS/c1-21(9-12-3-2-8-23-11-12)17-20-22-10-15(19-16(22)24-17)13-4-6-14(18)7-5-13/h4-7,10,12H,2-3,8-9,11H2,1H3. The number of aromatic nitrogens is 3. The van der Waals surface area contributed by atoms with Crippen molar-refractivity contribution in [2.45, 2.75) is 12.8 Å². The van der Waals surface area contributed by atoms with Gasteiger partial charge < -0.3 is 9.64 Å². The van der Waals surface area contributed by atoms with Gasteiger partial charge in [0.05, 0.1) is 18.5 Å². The molecule has 126 valence electrons. The van der Waals surface area contributed by atoms with Gasteiger partial charge in [0.1, 0.15) is 0 Å². The summed E-state index contributed by atoms with van der Waals surface area (Å²) in [7, 11) is 2.09. The maximum absolute atomic E-state index is 5.94. The van der Waals surface area contributed by atoms with Crippen LogP contribution in [0.15, 0.2) is 30.5 Å². The van der Waals surface area contributed by atoms with E-state index in [0.717, 1.165) is 52.6 Å². The smallest absolute Gasteiger partial charge is 0.214 e. The van der Waals surface area contributed by atoms with Crippen LogP contribution in [0.1, 0.15) is 12.8 Å². The molecule has 0 N–H and O–H groups in total. The molecule has 24 heavy (non-hydrogen) atoms. The maximum atomic E-state index is 5.94. The number of hydrogen-bond acceptors (Lipinski definition) is 5. The Labute approximate surface area is 149 Å². The van der Waals surface area contributed by atoms with Gasteiger partial charge >= 0.3 is 0 Å². The van der Waals surface area contributed by atoms with Gasteiger partial charge in [-0.1, -0.05) is 35.1 Å². The molecule has 1 aliphatic rings. The van der Waals surface area contributed by atoms with E-state index in [1.54, 1.807) is 11.3 Å². The maximum Gasteiger partial charge on any atom is 0.214 e. The number of ether oxygens (including phenoxy) is 1. The molecule has 3 aromatic rings. The predicted molar refractivity (Wildman–Crippen MR) is 98.1 cm³/mol. The van der Waals surface area contributed by atoms with Gasteiger partial charge in [-0.15, -0.1) is 5.10 Å². The van der Waals surface area contributed by atoms with E-state index in [4.69, 9.17) is 16.3 Å². The molecule has 1 unspecified atom stereocenters. The monoisotopic (exact) mass is 362 g/mol. The highest BCUT2D eigenvalue weighted by Gasteiger charge is 2.19. The number of nitrogens with zero attached hydrogens (tertiary/aromatic N) is 4. The van der Waals surface area contributed by atoms with Crippen LogP contribution in [0.2, 0.25) is 5.02 Å². The summed E-state index contributed by atoms with van der Waals surface area (Å²) in [5.41, 5.74) is 1.96. The summed E-state index contributed by atoms with van der Waals surface area (Å²) in [5.74, 6) is 0.588. The summed E-state index contributed by atoms with van der Waals surface area (Å²) >= 11 is 7.55. The molecule has 3 heterocycles. The first kappa shape index (κ1) is 15.9. The fourth-order valence-corrected chi connectivity index (χ4v) is 4.00. The Hall–Kier alpha value is -1.63. The largest absolute Gasteiger partial charge is 0.381 e. The van der Waals surface area contributed by atoms with Crippen LogP contribution in [0.4, 0.5) is 5.13 Å². The lowest BCUT2D eigenvalue weighted by atomic mass is 10.0. The van der Waals surface area contributed by atoms with Crippen LogP contribution < -0.4 is 4.90 Å². The highest BCUT2D eigenvalue weighted by atomic mass is 35.5. The number of imidazole rings is 1. The Bertz CT molecular complexity index is 791. The minimum atomic E-state index is 0.588. The Morgan fingerprint density at radius 1 is 1.38 bits per heavy atom. The summed E-state index contributed by atoms with van der Waals surface area (Å²) in [4.78, 5) is 7.80. The van der Waals surface area contributed by atoms with Gasteiger partial charge in [0.25, 0.3) is 0 Å². The van der Waals surface area contributed by atoms with Crippen molar-refractivity contribution < 1.29 is 4.74 Å². The van der Waals surface area contributed by atoms with E-state index in [-0.39, 0.29) is 0 Å². The van der Waals surface area contributed by atoms with Gasteiger partial charge in [0.15, 0.2) is 0 Å². The second-order valence-electron chi connectivity index (χ2n) is 6.21. The molecular weight excluding hydrogens is 344 g/mol. The second-order valence-corrected chi connectivity index (χ2v) is 7.58. The van der Waals surface area contributed by atoms with Crippen molar-refractivity contribution >= 4 is 33.0 Å². The van der Waals surface area contributed by atoms with Crippen molar-refractivity contribution in [3.05, 3.63) is 35.5 Å². The zero-order valence-corrected chi connectivity index (χ0v) is 15.1. The molecule has 0 radical (unpaired) electrons. The summed E-state index contributed by atoms with van der Waals surface area (Å²) in [6.45, 7) is 2.73. The number of fused-ring (bicyclic) bond motifs is 1. The quantitative estimate of drug-likeness (QED) is 0.704. The lowest BCUT2D eigenvalue weighted by molar-refractivity contribution is 0.0576. The van der Waals surface area contributed by atoms with E-state index in [2.05, 4.69) is 22.0 Å². The van der Waals surface area contributed by atoms with Crippen molar-refractivity contribution in [1.82, 2.24) is 14.6 Å². The van der Waals surface area contributed by atoms with Crippen molar-refractivity contribution in [3.8, 4) is 11.3 Å². The summed E-state index contributed by atoms with van der Waals surface area (Å²) < 4.78 is 7.42. The minimum absolute atomic E-state index is 0.588. The average molecular weight is 363 g/mol. The number of hydrogen-bond donors (Lipinski definition) is 0. The zero-order chi connectivity index (χ0) is 16.5. The molecule has 7 heteroatoms. The van der Waals surface area contributed by atoms with E-state index in [0.29, 0.717) is 5.92 Å². The molecule has 1 atom stereocenters. The zero-order valence-electron chi connectivity index (χ0n) is 13.5. The molecule has 5 nitrogen and oxygen atoms in total. The Morgan fingerprint density at radius 2 is 2.21 bits per heavy atom. The average Bonchev–Trinajstić information content (AvgIpc) is 3.15. The number of halogens is 1. The van der Waals surface area contributed by atoms with Crippen molar-refractivity contribution in [1.29, 1.82) is 0 Å². The second kappa shape index (κ2) is 6.70. The first-order valence-corrected chi connectivity index (χ1v) is 9.29. The third kappa shape index (κ3) is 3.27. The highest BCUT2D eigenvalue weighted by molar-refractivity contribution is 7.20. The van der Waals surface area contributed by atoms with Crippen LogP contribution in [0, 0.1) is 5.92 Å². The van der Waals surface area contributed by atoms with Crippen molar-refractivity contribution in [2.75, 3.05) is 31.7 Å². The molecule has 1 saturated heterocycles. The lowest BCUT2D eigenvalue weighted by Crippen LogP contribution is -2.30. The fraction of sp³-hybridized carbons (Fsp3) is 0.412. The first-order chi connectivity index (χ1) is 11.7. The third-order valence-electron chi connectivity index (χ3n) is 4.29. The van der Waals surface area contributed by atoms with E-state index in [1.165, 1.54) is 6.42 Å². The molecule has 0 amide bonds. The Morgan fingerprint density at radius 3 is 2.92 bits per heavy atom. The van der Waals surface area contributed by atoms with Crippen LogP contribution in [0.5, 0.6) is 0 Å². The van der Waals surface area contributed by atoms with Gasteiger partial charge in [-0.25, -0.2) is 9.50 Å². The van der Waals surface area contributed by atoms with Crippen molar-refractivity contribution in [2.24, 2.45) is 5.92 Å².